The highest BCUT2D eigenvalue weighted by molar-refractivity contribution is 7.26. The first-order valence-electron chi connectivity index (χ1n) is 2.07. The van der Waals surface area contributed by atoms with Crippen molar-refractivity contribution in [3.8, 4) is 0 Å². The van der Waals surface area contributed by atoms with E-state index in [0.29, 0.717) is 0 Å². The largest absolute Gasteiger partial charge is 0.330 e. The Morgan fingerprint density at radius 3 is 2.00 bits per heavy atom. The maximum absolute atomic E-state index is 12.0. The van der Waals surface area contributed by atoms with E-state index in [1.54, 1.807) is 0 Å². The summed E-state index contributed by atoms with van der Waals surface area (Å²) in [7, 11) is -0.212. The molecule has 0 radical (unpaired) electrons. The van der Waals surface area contributed by atoms with Crippen molar-refractivity contribution >= 4 is 9.03 Å². The van der Waals surface area contributed by atoms with Crippen molar-refractivity contribution in [2.45, 2.75) is 5.92 Å². The molecule has 5 heteroatoms. The lowest BCUT2D eigenvalue weighted by atomic mass is 10.4. The minimum absolute atomic E-state index is 0.212. The van der Waals surface area contributed by atoms with E-state index in [1.165, 1.54) is 0 Å². The van der Waals surface area contributed by atoms with Crippen LogP contribution in [0.25, 0.3) is 0 Å². The topological polar surface area (TPSA) is 18.5 Å². The monoisotopic (exact) mass is 142 g/mol. The summed E-state index contributed by atoms with van der Waals surface area (Å²) in [6.45, 7) is -0.989. The average molecular weight is 142 g/mol. The van der Waals surface area contributed by atoms with E-state index < -0.39 is 19.1 Å². The lowest BCUT2D eigenvalue weighted by Crippen LogP contribution is -2.30. The van der Waals surface area contributed by atoms with Crippen LogP contribution in [0.2, 0.25) is 0 Å². The van der Waals surface area contributed by atoms with Gasteiger partial charge in [-0.05, 0) is 0 Å². The second-order valence-corrected chi connectivity index (χ2v) is 2.26. The van der Waals surface area contributed by atoms with E-state index in [-0.39, 0.29) is 9.03 Å². The number of alkyl halides is 2. The first-order valence-corrected chi connectivity index (χ1v) is 2.89. The molecule has 2 nitrogen and oxygen atoms in total. The number of rotatable bonds is 0. The van der Waals surface area contributed by atoms with E-state index in [9.17, 15) is 8.78 Å². The van der Waals surface area contributed by atoms with Crippen LogP contribution in [0.4, 0.5) is 8.78 Å². The molecule has 48 valence electrons. The van der Waals surface area contributed by atoms with Gasteiger partial charge in [-0.1, -0.05) is 0 Å². The Bertz CT molecular complexity index is 79.4. The van der Waals surface area contributed by atoms with Gasteiger partial charge in [0.1, 0.15) is 13.2 Å². The van der Waals surface area contributed by atoms with Crippen molar-refractivity contribution in [1.82, 2.24) is 0 Å². The first-order chi connectivity index (χ1) is 3.71. The summed E-state index contributed by atoms with van der Waals surface area (Å²) in [6, 6.07) is 0. The Kier molecular flexibility index (Phi) is 1.75. The molecule has 1 heterocycles. The SMILES string of the molecule is FC1(F)COPOC1. The lowest BCUT2D eigenvalue weighted by molar-refractivity contribution is -0.0919. The van der Waals surface area contributed by atoms with Crippen LogP contribution in [0.3, 0.4) is 0 Å². The Labute approximate surface area is 47.1 Å². The lowest BCUT2D eigenvalue weighted by Gasteiger charge is -2.20. The van der Waals surface area contributed by atoms with Crippen molar-refractivity contribution in [1.29, 1.82) is 0 Å². The van der Waals surface area contributed by atoms with Crippen LogP contribution >= 0.6 is 9.03 Å². The maximum atomic E-state index is 12.0. The molecular weight excluding hydrogens is 137 g/mol. The van der Waals surface area contributed by atoms with E-state index in [2.05, 4.69) is 9.05 Å². The standard InChI is InChI=1S/C3H5F2O2P/c4-3(5)1-6-8-7-2-3/h8H,1-2H2. The van der Waals surface area contributed by atoms with Gasteiger partial charge in [-0.15, -0.1) is 0 Å². The minimum Gasteiger partial charge on any atom is -0.330 e. The van der Waals surface area contributed by atoms with E-state index in [4.69, 9.17) is 0 Å². The predicted molar refractivity (Wildman–Crippen MR) is 25.2 cm³/mol. The van der Waals surface area contributed by atoms with E-state index >= 15 is 0 Å². The van der Waals surface area contributed by atoms with Gasteiger partial charge in [0.2, 0.25) is 0 Å². The Balaban J connectivity index is 2.33. The molecule has 0 aromatic heterocycles. The number of hydrogen-bond donors (Lipinski definition) is 0. The summed E-state index contributed by atoms with van der Waals surface area (Å²) in [5.41, 5.74) is 0. The fourth-order valence-electron chi connectivity index (χ4n) is 0.353. The maximum Gasteiger partial charge on any atom is 0.294 e. The third kappa shape index (κ3) is 1.62. The van der Waals surface area contributed by atoms with Crippen LogP contribution < -0.4 is 0 Å². The third-order valence-corrected chi connectivity index (χ3v) is 1.21. The summed E-state index contributed by atoms with van der Waals surface area (Å²) in [4.78, 5) is 0. The molecular formula is C3H5F2O2P. The molecule has 0 aromatic rings. The van der Waals surface area contributed by atoms with Gasteiger partial charge in [0.15, 0.2) is 9.03 Å². The molecule has 0 bridgehead atoms. The van der Waals surface area contributed by atoms with Gasteiger partial charge in [-0.3, -0.25) is 0 Å². The van der Waals surface area contributed by atoms with Gasteiger partial charge in [0, 0.05) is 0 Å². The average Bonchev–Trinajstić information content (AvgIpc) is 1.65. The summed E-state index contributed by atoms with van der Waals surface area (Å²) >= 11 is 0. The number of hydrogen-bond acceptors (Lipinski definition) is 2. The molecule has 0 atom stereocenters. The zero-order valence-electron chi connectivity index (χ0n) is 3.99. The second kappa shape index (κ2) is 2.21. The van der Waals surface area contributed by atoms with Crippen LogP contribution in [0.5, 0.6) is 0 Å². The fraction of sp³-hybridized carbons (Fsp3) is 1.00. The Morgan fingerprint density at radius 2 is 1.75 bits per heavy atom. The highest BCUT2D eigenvalue weighted by atomic mass is 31.1. The summed E-state index contributed by atoms with van der Waals surface area (Å²) in [5.74, 6) is -2.76. The normalized spacial score (nSPS) is 27.8. The zero-order valence-corrected chi connectivity index (χ0v) is 4.99. The molecule has 1 fully saturated rings. The molecule has 0 amide bonds. The predicted octanol–water partition coefficient (Wildman–Crippen LogP) is 1.18. The van der Waals surface area contributed by atoms with Gasteiger partial charge in [0.05, 0.1) is 0 Å². The molecule has 1 rings (SSSR count). The summed E-state index contributed by atoms with van der Waals surface area (Å²) in [6.07, 6.45) is 0. The molecule has 0 aromatic carbocycles. The van der Waals surface area contributed by atoms with Crippen molar-refractivity contribution in [2.24, 2.45) is 0 Å². The van der Waals surface area contributed by atoms with E-state index in [0.717, 1.165) is 0 Å². The van der Waals surface area contributed by atoms with Gasteiger partial charge in [-0.25, -0.2) is 8.78 Å². The molecule has 0 spiro atoms. The minimum atomic E-state index is -2.76. The van der Waals surface area contributed by atoms with Crippen LogP contribution in [0.1, 0.15) is 0 Å². The van der Waals surface area contributed by atoms with Gasteiger partial charge in [0.25, 0.3) is 5.92 Å². The Hall–Kier alpha value is 0.210. The molecule has 1 aliphatic rings. The van der Waals surface area contributed by atoms with Crippen LogP contribution in [0.15, 0.2) is 0 Å². The molecule has 0 aliphatic carbocycles. The smallest absolute Gasteiger partial charge is 0.294 e. The molecule has 8 heavy (non-hydrogen) atoms. The molecule has 0 N–H and O–H groups in total. The molecule has 0 saturated carbocycles. The van der Waals surface area contributed by atoms with Crippen molar-refractivity contribution in [2.75, 3.05) is 13.2 Å². The number of halogens is 2. The highest BCUT2D eigenvalue weighted by Gasteiger charge is 2.32. The fourth-order valence-corrected chi connectivity index (χ4v) is 0.977. The quantitative estimate of drug-likeness (QED) is 0.472. The van der Waals surface area contributed by atoms with Crippen LogP contribution in [-0.2, 0) is 9.05 Å². The molecule has 1 aliphatic heterocycles. The van der Waals surface area contributed by atoms with Crippen LogP contribution in [-0.4, -0.2) is 19.1 Å². The summed E-state index contributed by atoms with van der Waals surface area (Å²) < 4.78 is 32.6. The van der Waals surface area contributed by atoms with Gasteiger partial charge >= 0.3 is 0 Å². The molecule has 0 unspecified atom stereocenters. The first kappa shape index (κ1) is 6.33. The van der Waals surface area contributed by atoms with Gasteiger partial charge in [-0.2, -0.15) is 0 Å². The Morgan fingerprint density at radius 1 is 1.25 bits per heavy atom. The summed E-state index contributed by atoms with van der Waals surface area (Å²) in [5, 5.41) is 0. The highest BCUT2D eigenvalue weighted by Crippen LogP contribution is 2.28. The van der Waals surface area contributed by atoms with Gasteiger partial charge < -0.3 is 9.05 Å². The molecule has 1 saturated heterocycles. The van der Waals surface area contributed by atoms with E-state index in [1.807, 2.05) is 0 Å². The second-order valence-electron chi connectivity index (χ2n) is 1.52. The van der Waals surface area contributed by atoms with Crippen LogP contribution in [0, 0.1) is 0 Å². The zero-order chi connectivity index (χ0) is 6.04. The van der Waals surface area contributed by atoms with Crippen molar-refractivity contribution < 1.29 is 17.8 Å². The van der Waals surface area contributed by atoms with Crippen molar-refractivity contribution in [3.63, 3.8) is 0 Å². The van der Waals surface area contributed by atoms with Crippen molar-refractivity contribution in [3.05, 3.63) is 0 Å². The third-order valence-electron chi connectivity index (χ3n) is 0.685.